The van der Waals surface area contributed by atoms with E-state index in [4.69, 9.17) is 11.6 Å². The van der Waals surface area contributed by atoms with Crippen molar-refractivity contribution < 1.29 is 9.18 Å². The standard InChI is InChI=1S/C28H22BrClFN5O/c29-24-6-4-21(31)14-20(24)2-1-10-35-11-8-25-23(17-35)22-5-3-18(15-32)12-26(22)36(25)28(37)34-16-19-7-9-33-27(30)13-19/h1-7,9,12-14H,8,10-11,16-17H2,(H,34,37)/b2-1+. The number of aromatic nitrogens is 2. The maximum Gasteiger partial charge on any atom is 0.326 e. The van der Waals surface area contributed by atoms with Crippen molar-refractivity contribution in [3.63, 3.8) is 0 Å². The number of rotatable bonds is 5. The second-order valence-electron chi connectivity index (χ2n) is 8.80. The second kappa shape index (κ2) is 10.9. The molecule has 0 aliphatic carbocycles. The molecule has 0 saturated carbocycles. The zero-order valence-electron chi connectivity index (χ0n) is 19.7. The van der Waals surface area contributed by atoms with Gasteiger partial charge < -0.3 is 5.32 Å². The highest BCUT2D eigenvalue weighted by Gasteiger charge is 2.26. The van der Waals surface area contributed by atoms with Crippen molar-refractivity contribution in [1.82, 2.24) is 19.8 Å². The van der Waals surface area contributed by atoms with Crippen LogP contribution in [0.4, 0.5) is 9.18 Å². The number of fused-ring (bicyclic) bond motifs is 3. The fourth-order valence-corrected chi connectivity index (χ4v) is 5.23. The Labute approximate surface area is 227 Å². The molecule has 37 heavy (non-hydrogen) atoms. The Bertz CT molecular complexity index is 1580. The molecule has 2 aromatic carbocycles. The van der Waals surface area contributed by atoms with E-state index in [9.17, 15) is 14.4 Å². The highest BCUT2D eigenvalue weighted by atomic mass is 79.9. The molecule has 1 amide bonds. The Morgan fingerprint density at radius 1 is 1.24 bits per heavy atom. The molecule has 0 unspecified atom stereocenters. The third-order valence-electron chi connectivity index (χ3n) is 6.41. The van der Waals surface area contributed by atoms with Crippen LogP contribution in [0.1, 0.15) is 27.9 Å². The molecule has 2 aromatic heterocycles. The maximum atomic E-state index is 13.6. The normalized spacial score (nSPS) is 13.6. The zero-order valence-corrected chi connectivity index (χ0v) is 22.1. The van der Waals surface area contributed by atoms with Crippen LogP contribution < -0.4 is 5.32 Å². The van der Waals surface area contributed by atoms with Gasteiger partial charge in [-0.15, -0.1) is 0 Å². The van der Waals surface area contributed by atoms with Crippen LogP contribution in [0.25, 0.3) is 17.0 Å². The van der Waals surface area contributed by atoms with E-state index < -0.39 is 0 Å². The number of hydrogen-bond donors (Lipinski definition) is 1. The minimum Gasteiger partial charge on any atom is -0.333 e. The Morgan fingerprint density at radius 2 is 2.11 bits per heavy atom. The number of carbonyl (C=O) groups is 1. The Morgan fingerprint density at radius 3 is 2.92 bits per heavy atom. The first kappa shape index (κ1) is 25.2. The van der Waals surface area contributed by atoms with Crippen molar-refractivity contribution in [2.75, 3.05) is 13.1 Å². The van der Waals surface area contributed by atoms with Crippen LogP contribution in [-0.4, -0.2) is 33.6 Å². The molecule has 4 aromatic rings. The summed E-state index contributed by atoms with van der Waals surface area (Å²) >= 11 is 9.44. The predicted molar refractivity (Wildman–Crippen MR) is 146 cm³/mol. The maximum absolute atomic E-state index is 13.6. The van der Waals surface area contributed by atoms with Gasteiger partial charge in [0.05, 0.1) is 17.1 Å². The van der Waals surface area contributed by atoms with Crippen LogP contribution in [0.2, 0.25) is 5.15 Å². The second-order valence-corrected chi connectivity index (χ2v) is 10.0. The highest BCUT2D eigenvalue weighted by Crippen LogP contribution is 2.32. The van der Waals surface area contributed by atoms with Gasteiger partial charge in [0, 0.05) is 54.3 Å². The number of carbonyl (C=O) groups excluding carboxylic acids is 1. The summed E-state index contributed by atoms with van der Waals surface area (Å²) < 4.78 is 16.1. The third kappa shape index (κ3) is 5.44. The average Bonchev–Trinajstić information content (AvgIpc) is 3.22. The summed E-state index contributed by atoms with van der Waals surface area (Å²) in [6, 6.07) is 15.5. The number of benzene rings is 2. The summed E-state index contributed by atoms with van der Waals surface area (Å²) in [6.45, 7) is 2.41. The van der Waals surface area contributed by atoms with Crippen molar-refractivity contribution in [1.29, 1.82) is 5.26 Å². The van der Waals surface area contributed by atoms with Crippen LogP contribution in [0, 0.1) is 17.1 Å². The summed E-state index contributed by atoms with van der Waals surface area (Å²) in [4.78, 5) is 19.6. The van der Waals surface area contributed by atoms with Crippen LogP contribution in [0.15, 0.2) is 65.3 Å². The van der Waals surface area contributed by atoms with Gasteiger partial charge in [0.2, 0.25) is 0 Å². The van der Waals surface area contributed by atoms with Crippen molar-refractivity contribution in [3.8, 4) is 6.07 Å². The molecule has 186 valence electrons. The van der Waals surface area contributed by atoms with Gasteiger partial charge >= 0.3 is 6.03 Å². The number of nitriles is 1. The molecule has 0 bridgehead atoms. The van der Waals surface area contributed by atoms with Crippen molar-refractivity contribution in [3.05, 3.63) is 104 Å². The lowest BCUT2D eigenvalue weighted by molar-refractivity contribution is 0.240. The molecule has 6 nitrogen and oxygen atoms in total. The minimum absolute atomic E-state index is 0.251. The van der Waals surface area contributed by atoms with E-state index in [0.29, 0.717) is 36.8 Å². The predicted octanol–water partition coefficient (Wildman–Crippen LogP) is 6.29. The van der Waals surface area contributed by atoms with Crippen molar-refractivity contribution >= 4 is 50.5 Å². The third-order valence-corrected chi connectivity index (χ3v) is 7.34. The van der Waals surface area contributed by atoms with Crippen LogP contribution in [-0.2, 0) is 19.5 Å². The molecule has 0 atom stereocenters. The first-order valence-corrected chi connectivity index (χ1v) is 12.9. The summed E-state index contributed by atoms with van der Waals surface area (Å²) in [5, 5.41) is 13.8. The summed E-state index contributed by atoms with van der Waals surface area (Å²) in [7, 11) is 0. The van der Waals surface area contributed by atoms with Gasteiger partial charge in [0.1, 0.15) is 11.0 Å². The molecular weight excluding hydrogens is 557 g/mol. The fraction of sp³-hybridized carbons (Fsp3) is 0.179. The monoisotopic (exact) mass is 577 g/mol. The number of nitrogens with one attached hydrogen (secondary N) is 1. The van der Waals surface area contributed by atoms with E-state index in [1.807, 2.05) is 18.2 Å². The van der Waals surface area contributed by atoms with E-state index >= 15 is 0 Å². The fourth-order valence-electron chi connectivity index (χ4n) is 4.65. The molecular formula is C28H22BrClFN5O. The van der Waals surface area contributed by atoms with Gasteiger partial charge in [-0.25, -0.2) is 14.2 Å². The van der Waals surface area contributed by atoms with E-state index in [-0.39, 0.29) is 11.8 Å². The first-order chi connectivity index (χ1) is 17.9. The van der Waals surface area contributed by atoms with Gasteiger partial charge in [-0.05, 0) is 59.2 Å². The number of nitrogens with zero attached hydrogens (tertiary/aromatic N) is 4. The first-order valence-electron chi connectivity index (χ1n) is 11.7. The molecule has 0 saturated heterocycles. The molecule has 0 radical (unpaired) electrons. The molecule has 5 rings (SSSR count). The Kier molecular flexibility index (Phi) is 7.38. The number of amides is 1. The Hall–Kier alpha value is -3.51. The SMILES string of the molecule is N#Cc1ccc2c3c(n(C(=O)NCc4ccnc(Cl)c4)c2c1)CCN(C/C=C/c1cc(F)ccc1Br)C3. The van der Waals surface area contributed by atoms with Gasteiger partial charge in [0.25, 0.3) is 0 Å². The van der Waals surface area contributed by atoms with Crippen LogP contribution in [0.3, 0.4) is 0 Å². The highest BCUT2D eigenvalue weighted by molar-refractivity contribution is 9.10. The summed E-state index contributed by atoms with van der Waals surface area (Å²) in [5.74, 6) is -0.277. The largest absolute Gasteiger partial charge is 0.333 e. The molecule has 0 fully saturated rings. The molecule has 9 heteroatoms. The van der Waals surface area contributed by atoms with Gasteiger partial charge in [-0.3, -0.25) is 9.47 Å². The molecule has 0 spiro atoms. The lowest BCUT2D eigenvalue weighted by Crippen LogP contribution is -2.34. The minimum atomic E-state index is -0.277. The van der Waals surface area contributed by atoms with Gasteiger partial charge in [-0.2, -0.15) is 5.26 Å². The van der Waals surface area contributed by atoms with E-state index in [1.165, 1.54) is 12.1 Å². The van der Waals surface area contributed by atoms with E-state index in [1.54, 1.807) is 41.1 Å². The molecule has 1 aliphatic heterocycles. The summed E-state index contributed by atoms with van der Waals surface area (Å²) in [6.07, 6.45) is 6.21. The quantitative estimate of drug-likeness (QED) is 0.282. The number of hydrogen-bond acceptors (Lipinski definition) is 4. The Balaban J connectivity index is 1.40. The molecule has 1 N–H and O–H groups in total. The summed E-state index contributed by atoms with van der Waals surface area (Å²) in [5.41, 5.74) is 4.87. The van der Waals surface area contributed by atoms with E-state index in [2.05, 4.69) is 37.2 Å². The number of halogens is 3. The van der Waals surface area contributed by atoms with Gasteiger partial charge in [-0.1, -0.05) is 45.7 Å². The van der Waals surface area contributed by atoms with Crippen LogP contribution in [0.5, 0.6) is 0 Å². The van der Waals surface area contributed by atoms with Gasteiger partial charge in [0.15, 0.2) is 0 Å². The lowest BCUT2D eigenvalue weighted by Gasteiger charge is -2.27. The van der Waals surface area contributed by atoms with Crippen LogP contribution >= 0.6 is 27.5 Å². The lowest BCUT2D eigenvalue weighted by atomic mass is 10.0. The van der Waals surface area contributed by atoms with Crippen molar-refractivity contribution in [2.45, 2.75) is 19.5 Å². The van der Waals surface area contributed by atoms with E-state index in [0.717, 1.165) is 44.3 Å². The topological polar surface area (TPSA) is 74.0 Å². The molecule has 1 aliphatic rings. The number of pyridine rings is 1. The average molecular weight is 579 g/mol. The zero-order chi connectivity index (χ0) is 25.9. The van der Waals surface area contributed by atoms with Crippen molar-refractivity contribution in [2.24, 2.45) is 0 Å². The molecule has 3 heterocycles. The smallest absolute Gasteiger partial charge is 0.326 e.